The summed E-state index contributed by atoms with van der Waals surface area (Å²) in [5.74, 6) is -1.01. The van der Waals surface area contributed by atoms with Crippen LogP contribution in [0.3, 0.4) is 0 Å². The summed E-state index contributed by atoms with van der Waals surface area (Å²) in [4.78, 5) is 27.9. The van der Waals surface area contributed by atoms with Crippen molar-refractivity contribution in [2.24, 2.45) is 0 Å². The summed E-state index contributed by atoms with van der Waals surface area (Å²) in [6.07, 6.45) is -0.0420. The van der Waals surface area contributed by atoms with Gasteiger partial charge in [-0.3, -0.25) is 4.57 Å². The molecular weight excluding hydrogens is 274 g/mol. The summed E-state index contributed by atoms with van der Waals surface area (Å²) in [7, 11) is 2.02. The first-order chi connectivity index (χ1) is 10.0. The Morgan fingerprint density at radius 1 is 1.52 bits per heavy atom. The number of aromatic amines is 1. The molecule has 0 aliphatic carbocycles. The van der Waals surface area contributed by atoms with E-state index in [1.54, 1.807) is 10.6 Å². The molecule has 1 fully saturated rings. The molecule has 0 amide bonds. The van der Waals surface area contributed by atoms with E-state index in [-0.39, 0.29) is 17.4 Å². The molecule has 0 saturated carbocycles. The molecule has 2 heterocycles. The highest BCUT2D eigenvalue weighted by Crippen LogP contribution is 2.15. The van der Waals surface area contributed by atoms with Crippen LogP contribution in [0.2, 0.25) is 0 Å². The number of rotatable bonds is 3. The fourth-order valence-corrected chi connectivity index (χ4v) is 2.66. The molecule has 7 heteroatoms. The van der Waals surface area contributed by atoms with Gasteiger partial charge < -0.3 is 19.7 Å². The Balaban J connectivity index is 1.93. The predicted octanol–water partition coefficient (Wildman–Crippen LogP) is 0.358. The summed E-state index contributed by atoms with van der Waals surface area (Å²) < 4.78 is 7.28. The van der Waals surface area contributed by atoms with Crippen LogP contribution in [-0.4, -0.2) is 58.4 Å². The lowest BCUT2D eigenvalue weighted by Crippen LogP contribution is -2.43. The molecule has 112 valence electrons. The standard InChI is InChI=1S/C14H17N3O4/c1-16-4-5-21-10(7-16)8-17-12-3-2-9(13(18)19)6-11(12)15-14(17)20/h2-3,6,10H,4-5,7-8H2,1H3,(H,15,20)(H,18,19). The summed E-state index contributed by atoms with van der Waals surface area (Å²) in [6, 6.07) is 4.63. The van der Waals surface area contributed by atoms with E-state index in [0.29, 0.717) is 24.2 Å². The number of imidazole rings is 1. The third-order valence-electron chi connectivity index (χ3n) is 3.75. The van der Waals surface area contributed by atoms with Crippen molar-refractivity contribution in [3.8, 4) is 0 Å². The van der Waals surface area contributed by atoms with Gasteiger partial charge in [-0.1, -0.05) is 0 Å². The van der Waals surface area contributed by atoms with Crippen LogP contribution >= 0.6 is 0 Å². The van der Waals surface area contributed by atoms with E-state index in [4.69, 9.17) is 9.84 Å². The Morgan fingerprint density at radius 3 is 3.05 bits per heavy atom. The number of hydrogen-bond acceptors (Lipinski definition) is 4. The molecule has 2 N–H and O–H groups in total. The highest BCUT2D eigenvalue weighted by molar-refractivity contribution is 5.92. The Morgan fingerprint density at radius 2 is 2.33 bits per heavy atom. The molecule has 1 aromatic heterocycles. The van der Waals surface area contributed by atoms with E-state index in [1.165, 1.54) is 12.1 Å². The van der Waals surface area contributed by atoms with Gasteiger partial charge >= 0.3 is 11.7 Å². The molecule has 3 rings (SSSR count). The van der Waals surface area contributed by atoms with Gasteiger partial charge in [0, 0.05) is 13.1 Å². The lowest BCUT2D eigenvalue weighted by atomic mass is 10.2. The average molecular weight is 291 g/mol. The van der Waals surface area contributed by atoms with Gasteiger partial charge in [0.1, 0.15) is 0 Å². The minimum atomic E-state index is -1.01. The van der Waals surface area contributed by atoms with Gasteiger partial charge in [-0.05, 0) is 25.2 Å². The average Bonchev–Trinajstić information content (AvgIpc) is 2.74. The van der Waals surface area contributed by atoms with Gasteiger partial charge in [-0.2, -0.15) is 0 Å². The van der Waals surface area contributed by atoms with E-state index in [9.17, 15) is 9.59 Å². The molecule has 21 heavy (non-hydrogen) atoms. The minimum absolute atomic E-state index is 0.0420. The highest BCUT2D eigenvalue weighted by Gasteiger charge is 2.20. The predicted molar refractivity (Wildman–Crippen MR) is 76.8 cm³/mol. The number of likely N-dealkylation sites (N-methyl/N-ethyl adjacent to an activating group) is 1. The number of nitrogens with zero attached hydrogens (tertiary/aromatic N) is 2. The Hall–Kier alpha value is -2.12. The number of H-pyrrole nitrogens is 1. The van der Waals surface area contributed by atoms with Crippen LogP contribution in [0, 0.1) is 0 Å². The van der Waals surface area contributed by atoms with Crippen molar-refractivity contribution in [3.63, 3.8) is 0 Å². The SMILES string of the molecule is CN1CCOC(Cn2c(=O)[nH]c3cc(C(=O)O)ccc32)C1. The fourth-order valence-electron chi connectivity index (χ4n) is 2.66. The van der Waals surface area contributed by atoms with Crippen LogP contribution in [-0.2, 0) is 11.3 Å². The summed E-state index contributed by atoms with van der Waals surface area (Å²) in [5, 5.41) is 8.99. The lowest BCUT2D eigenvalue weighted by molar-refractivity contribution is -0.0273. The second kappa shape index (κ2) is 5.34. The normalized spacial score (nSPS) is 20.0. The number of hydrogen-bond donors (Lipinski definition) is 2. The fraction of sp³-hybridized carbons (Fsp3) is 0.429. The summed E-state index contributed by atoms with van der Waals surface area (Å²) in [5.41, 5.74) is 1.14. The van der Waals surface area contributed by atoms with Crippen molar-refractivity contribution in [2.75, 3.05) is 26.7 Å². The lowest BCUT2D eigenvalue weighted by Gasteiger charge is -2.30. The number of benzene rings is 1. The van der Waals surface area contributed by atoms with E-state index in [2.05, 4.69) is 9.88 Å². The third kappa shape index (κ3) is 2.70. The largest absolute Gasteiger partial charge is 0.478 e. The Bertz CT molecular complexity index is 733. The van der Waals surface area contributed by atoms with Gasteiger partial charge in [0.2, 0.25) is 0 Å². The van der Waals surface area contributed by atoms with E-state index in [0.717, 1.165) is 13.1 Å². The molecule has 7 nitrogen and oxygen atoms in total. The number of aromatic carboxylic acids is 1. The maximum atomic E-state index is 12.1. The quantitative estimate of drug-likeness (QED) is 0.852. The van der Waals surface area contributed by atoms with Crippen molar-refractivity contribution < 1.29 is 14.6 Å². The number of aromatic nitrogens is 2. The monoisotopic (exact) mass is 291 g/mol. The number of fused-ring (bicyclic) bond motifs is 1. The molecule has 1 aromatic carbocycles. The zero-order valence-electron chi connectivity index (χ0n) is 11.7. The molecule has 1 saturated heterocycles. The van der Waals surface area contributed by atoms with E-state index < -0.39 is 5.97 Å². The minimum Gasteiger partial charge on any atom is -0.478 e. The third-order valence-corrected chi connectivity index (χ3v) is 3.75. The molecule has 1 atom stereocenters. The van der Waals surface area contributed by atoms with Crippen molar-refractivity contribution in [3.05, 3.63) is 34.2 Å². The van der Waals surface area contributed by atoms with Crippen molar-refractivity contribution in [1.82, 2.24) is 14.5 Å². The van der Waals surface area contributed by atoms with Crippen LogP contribution in [0.5, 0.6) is 0 Å². The maximum absolute atomic E-state index is 12.1. The summed E-state index contributed by atoms with van der Waals surface area (Å²) >= 11 is 0. The van der Waals surface area contributed by atoms with Crippen LogP contribution in [0.25, 0.3) is 11.0 Å². The second-order valence-corrected chi connectivity index (χ2v) is 5.33. The van der Waals surface area contributed by atoms with Crippen LogP contribution in [0.4, 0.5) is 0 Å². The molecule has 1 unspecified atom stereocenters. The van der Waals surface area contributed by atoms with Crippen LogP contribution in [0.1, 0.15) is 10.4 Å². The van der Waals surface area contributed by atoms with Gasteiger partial charge in [-0.15, -0.1) is 0 Å². The molecule has 1 aliphatic heterocycles. The van der Waals surface area contributed by atoms with Crippen molar-refractivity contribution in [2.45, 2.75) is 12.6 Å². The highest BCUT2D eigenvalue weighted by atomic mass is 16.5. The van der Waals surface area contributed by atoms with Gasteiger partial charge in [0.15, 0.2) is 0 Å². The number of carbonyl (C=O) groups is 1. The van der Waals surface area contributed by atoms with Crippen LogP contribution in [0.15, 0.2) is 23.0 Å². The van der Waals surface area contributed by atoms with Gasteiger partial charge in [0.25, 0.3) is 0 Å². The van der Waals surface area contributed by atoms with Crippen molar-refractivity contribution in [1.29, 1.82) is 0 Å². The number of morpholine rings is 1. The number of nitrogens with one attached hydrogen (secondary N) is 1. The molecular formula is C14H17N3O4. The van der Waals surface area contributed by atoms with Gasteiger partial charge in [-0.25, -0.2) is 9.59 Å². The second-order valence-electron chi connectivity index (χ2n) is 5.33. The van der Waals surface area contributed by atoms with E-state index >= 15 is 0 Å². The molecule has 0 radical (unpaired) electrons. The topological polar surface area (TPSA) is 87.6 Å². The Kier molecular flexibility index (Phi) is 3.52. The zero-order valence-corrected chi connectivity index (χ0v) is 11.7. The molecule has 0 bridgehead atoms. The number of carboxylic acid groups (broad SMARTS) is 1. The molecule has 2 aromatic rings. The molecule has 0 spiro atoms. The molecule has 1 aliphatic rings. The number of ether oxygens (including phenoxy) is 1. The number of carboxylic acids is 1. The first-order valence-electron chi connectivity index (χ1n) is 6.80. The summed E-state index contributed by atoms with van der Waals surface area (Å²) in [6.45, 7) is 2.77. The zero-order chi connectivity index (χ0) is 15.0. The van der Waals surface area contributed by atoms with Crippen molar-refractivity contribution >= 4 is 17.0 Å². The maximum Gasteiger partial charge on any atom is 0.335 e. The smallest absolute Gasteiger partial charge is 0.335 e. The van der Waals surface area contributed by atoms with E-state index in [1.807, 2.05) is 7.05 Å². The first kappa shape index (κ1) is 13.8. The Labute approximate surface area is 120 Å². The first-order valence-corrected chi connectivity index (χ1v) is 6.80. The van der Waals surface area contributed by atoms with Crippen LogP contribution < -0.4 is 5.69 Å². The van der Waals surface area contributed by atoms with Gasteiger partial charge in [0.05, 0.1) is 35.9 Å².